The lowest BCUT2D eigenvalue weighted by atomic mass is 10.1. The van der Waals surface area contributed by atoms with Crippen LogP contribution in [0.2, 0.25) is 5.02 Å². The van der Waals surface area contributed by atoms with Gasteiger partial charge in [0.25, 0.3) is 11.6 Å². The van der Waals surface area contributed by atoms with Crippen molar-refractivity contribution in [2.24, 2.45) is 0 Å². The van der Waals surface area contributed by atoms with Crippen LogP contribution in [0.1, 0.15) is 15.9 Å². The van der Waals surface area contributed by atoms with Crippen LogP contribution in [0, 0.1) is 17.0 Å². The predicted molar refractivity (Wildman–Crippen MR) is 118 cm³/mol. The molecule has 4 rings (SSSR count). The van der Waals surface area contributed by atoms with Crippen molar-refractivity contribution in [3.63, 3.8) is 0 Å². The van der Waals surface area contributed by atoms with Crippen LogP contribution in [0.5, 0.6) is 5.75 Å². The topological polar surface area (TPSA) is 98.8 Å². The average molecular weight is 437 g/mol. The molecule has 156 valence electrons. The first kappa shape index (κ1) is 20.4. The van der Waals surface area contributed by atoms with Crippen LogP contribution in [-0.2, 0) is 0 Å². The molecular formula is C22H17ClN4O4. The number of nitro groups is 1. The van der Waals surface area contributed by atoms with Crippen LogP contribution in [0.3, 0.4) is 0 Å². The van der Waals surface area contributed by atoms with E-state index in [9.17, 15) is 14.9 Å². The molecule has 9 heteroatoms. The maximum Gasteiger partial charge on any atom is 0.270 e. The minimum Gasteiger partial charge on any atom is -0.495 e. The number of hydrogen-bond donors (Lipinski definition) is 1. The summed E-state index contributed by atoms with van der Waals surface area (Å²) in [6.45, 7) is 2.00. The van der Waals surface area contributed by atoms with Gasteiger partial charge in [0.1, 0.15) is 11.4 Å². The van der Waals surface area contributed by atoms with Crippen molar-refractivity contribution >= 4 is 34.5 Å². The Hall–Kier alpha value is -3.91. The number of halogens is 1. The Kier molecular flexibility index (Phi) is 5.31. The van der Waals surface area contributed by atoms with E-state index in [0.29, 0.717) is 11.4 Å². The smallest absolute Gasteiger partial charge is 0.270 e. The normalized spacial score (nSPS) is 10.8. The van der Waals surface area contributed by atoms with Crippen LogP contribution < -0.4 is 10.1 Å². The number of imidazole rings is 1. The molecule has 0 saturated carbocycles. The van der Waals surface area contributed by atoms with Gasteiger partial charge in [-0.2, -0.15) is 0 Å². The second kappa shape index (κ2) is 8.08. The molecular weight excluding hydrogens is 420 g/mol. The van der Waals surface area contributed by atoms with Crippen molar-refractivity contribution in [1.82, 2.24) is 9.38 Å². The molecule has 0 aliphatic rings. The predicted octanol–water partition coefficient (Wildman–Crippen LogP) is 5.13. The van der Waals surface area contributed by atoms with Gasteiger partial charge in [-0.05, 0) is 48.9 Å². The number of methoxy groups -OCH3 is 1. The van der Waals surface area contributed by atoms with Gasteiger partial charge in [-0.1, -0.05) is 11.6 Å². The van der Waals surface area contributed by atoms with Gasteiger partial charge in [-0.25, -0.2) is 4.98 Å². The maximum absolute atomic E-state index is 12.8. The number of carbonyl (C=O) groups excluding carboxylic acids is 1. The van der Waals surface area contributed by atoms with E-state index in [-0.39, 0.29) is 16.3 Å². The number of carbonyl (C=O) groups is 1. The lowest BCUT2D eigenvalue weighted by Crippen LogP contribution is -2.13. The molecule has 0 bridgehead atoms. The number of benzene rings is 2. The summed E-state index contributed by atoms with van der Waals surface area (Å²) in [7, 11) is 1.50. The number of nitrogens with one attached hydrogen (secondary N) is 1. The summed E-state index contributed by atoms with van der Waals surface area (Å²) >= 11 is 6.08. The molecule has 0 fully saturated rings. The van der Waals surface area contributed by atoms with Gasteiger partial charge in [-0.15, -0.1) is 0 Å². The van der Waals surface area contributed by atoms with Gasteiger partial charge in [0.2, 0.25) is 0 Å². The molecule has 1 amide bonds. The number of anilines is 1. The van der Waals surface area contributed by atoms with Crippen LogP contribution in [0.15, 0.2) is 60.9 Å². The zero-order valence-corrected chi connectivity index (χ0v) is 17.4. The van der Waals surface area contributed by atoms with Gasteiger partial charge in [0.05, 0.1) is 34.0 Å². The molecule has 4 aromatic rings. The van der Waals surface area contributed by atoms with Crippen molar-refractivity contribution in [3.05, 3.63) is 87.2 Å². The zero-order chi connectivity index (χ0) is 22.1. The molecule has 31 heavy (non-hydrogen) atoms. The van der Waals surface area contributed by atoms with Gasteiger partial charge in [-0.3, -0.25) is 14.9 Å². The molecule has 0 aliphatic heterocycles. The minimum absolute atomic E-state index is 0.0162. The van der Waals surface area contributed by atoms with Crippen molar-refractivity contribution in [3.8, 4) is 17.0 Å². The number of fused-ring (bicyclic) bond motifs is 1. The summed E-state index contributed by atoms with van der Waals surface area (Å²) in [6, 6.07) is 13.0. The lowest BCUT2D eigenvalue weighted by molar-refractivity contribution is -0.384. The lowest BCUT2D eigenvalue weighted by Gasteiger charge is -2.12. The van der Waals surface area contributed by atoms with Crippen molar-refractivity contribution in [2.45, 2.75) is 6.92 Å². The van der Waals surface area contributed by atoms with E-state index >= 15 is 0 Å². The number of aromatic nitrogens is 2. The highest BCUT2D eigenvalue weighted by Gasteiger charge is 2.17. The Morgan fingerprint density at radius 2 is 2.00 bits per heavy atom. The van der Waals surface area contributed by atoms with Crippen molar-refractivity contribution in [2.75, 3.05) is 12.4 Å². The monoisotopic (exact) mass is 436 g/mol. The molecule has 2 aromatic heterocycles. The zero-order valence-electron chi connectivity index (χ0n) is 16.6. The molecule has 1 N–H and O–H groups in total. The molecule has 0 aliphatic carbocycles. The first-order valence-electron chi connectivity index (χ1n) is 9.25. The average Bonchev–Trinajstić information content (AvgIpc) is 3.16. The van der Waals surface area contributed by atoms with E-state index in [0.717, 1.165) is 28.5 Å². The highest BCUT2D eigenvalue weighted by Crippen LogP contribution is 2.32. The van der Waals surface area contributed by atoms with E-state index in [2.05, 4.69) is 10.3 Å². The summed E-state index contributed by atoms with van der Waals surface area (Å²) in [5.41, 5.74) is 3.78. The van der Waals surface area contributed by atoms with Gasteiger partial charge >= 0.3 is 0 Å². The second-order valence-corrected chi connectivity index (χ2v) is 7.29. The van der Waals surface area contributed by atoms with Crippen LogP contribution in [-0.4, -0.2) is 27.3 Å². The Labute approximate surface area is 182 Å². The van der Waals surface area contributed by atoms with Crippen LogP contribution in [0.4, 0.5) is 11.4 Å². The summed E-state index contributed by atoms with van der Waals surface area (Å²) in [5.74, 6) is -0.0595. The fourth-order valence-electron chi connectivity index (χ4n) is 3.18. The number of amides is 1. The number of nitrogens with zero attached hydrogens (tertiary/aromatic N) is 3. The summed E-state index contributed by atoms with van der Waals surface area (Å²) in [6.07, 6.45) is 3.83. The SMILES string of the molecule is COc1ccc(-c2cn3ccc(C)cc3n2)cc1NC(=O)c1ccc([N+](=O)[O-])cc1Cl. The number of non-ortho nitro benzene ring substituents is 1. The number of pyridine rings is 1. The molecule has 0 atom stereocenters. The highest BCUT2D eigenvalue weighted by molar-refractivity contribution is 6.34. The second-order valence-electron chi connectivity index (χ2n) is 6.89. The molecule has 2 aromatic carbocycles. The van der Waals surface area contributed by atoms with Gasteiger partial charge < -0.3 is 14.5 Å². The first-order chi connectivity index (χ1) is 14.9. The molecule has 0 radical (unpaired) electrons. The molecule has 8 nitrogen and oxygen atoms in total. The first-order valence-corrected chi connectivity index (χ1v) is 9.62. The van der Waals surface area contributed by atoms with Crippen molar-refractivity contribution < 1.29 is 14.5 Å². The Morgan fingerprint density at radius 1 is 1.19 bits per heavy atom. The molecule has 0 spiro atoms. The molecule has 0 unspecified atom stereocenters. The van der Waals surface area contributed by atoms with E-state index in [1.54, 1.807) is 12.1 Å². The fraction of sp³-hybridized carbons (Fsp3) is 0.0909. The quantitative estimate of drug-likeness (QED) is 0.345. The third-order valence-electron chi connectivity index (χ3n) is 4.77. The maximum atomic E-state index is 12.8. The summed E-state index contributed by atoms with van der Waals surface area (Å²) in [4.78, 5) is 27.7. The van der Waals surface area contributed by atoms with Gasteiger partial charge in [0, 0.05) is 30.1 Å². The Bertz CT molecular complexity index is 1330. The Balaban J connectivity index is 1.67. The van der Waals surface area contributed by atoms with E-state index < -0.39 is 10.8 Å². The van der Waals surface area contributed by atoms with E-state index in [4.69, 9.17) is 16.3 Å². The number of ether oxygens (including phenoxy) is 1. The third kappa shape index (κ3) is 4.06. The van der Waals surface area contributed by atoms with Crippen LogP contribution in [0.25, 0.3) is 16.9 Å². The Morgan fingerprint density at radius 3 is 2.71 bits per heavy atom. The highest BCUT2D eigenvalue weighted by atomic mass is 35.5. The van der Waals surface area contributed by atoms with Gasteiger partial charge in [0.15, 0.2) is 0 Å². The molecule has 2 heterocycles. The van der Waals surface area contributed by atoms with E-state index in [1.807, 2.05) is 41.9 Å². The van der Waals surface area contributed by atoms with Crippen molar-refractivity contribution in [1.29, 1.82) is 0 Å². The largest absolute Gasteiger partial charge is 0.495 e. The number of rotatable bonds is 5. The van der Waals surface area contributed by atoms with E-state index in [1.165, 1.54) is 19.2 Å². The summed E-state index contributed by atoms with van der Waals surface area (Å²) in [5, 5.41) is 13.6. The summed E-state index contributed by atoms with van der Waals surface area (Å²) < 4.78 is 7.28. The number of aryl methyl sites for hydroxylation is 1. The third-order valence-corrected chi connectivity index (χ3v) is 5.08. The number of hydrogen-bond acceptors (Lipinski definition) is 5. The minimum atomic E-state index is -0.573. The fourth-order valence-corrected chi connectivity index (χ4v) is 3.44. The molecule has 0 saturated heterocycles. The standard InChI is InChI=1S/C22H17ClN4O4/c1-13-7-8-26-12-19(24-21(26)9-13)14-3-6-20(31-2)18(10-14)25-22(28)16-5-4-15(27(29)30)11-17(16)23/h3-12H,1-2H3,(H,25,28). The number of nitro benzene ring substituents is 1. The van der Waals surface area contributed by atoms with Crippen LogP contribution >= 0.6 is 11.6 Å².